The lowest BCUT2D eigenvalue weighted by molar-refractivity contribution is -0.273. The number of halogens is 3. The highest BCUT2D eigenvalue weighted by molar-refractivity contribution is 5.90. The number of alkyl halides is 3. The van der Waals surface area contributed by atoms with Gasteiger partial charge in [0.25, 0.3) is 5.60 Å². The van der Waals surface area contributed by atoms with Gasteiger partial charge in [0.05, 0.1) is 14.2 Å². The number of ether oxygens (including phenoxy) is 2. The summed E-state index contributed by atoms with van der Waals surface area (Å²) >= 11 is 0. The summed E-state index contributed by atoms with van der Waals surface area (Å²) in [6.45, 7) is 0. The quantitative estimate of drug-likeness (QED) is 0.835. The van der Waals surface area contributed by atoms with E-state index in [0.29, 0.717) is 12.7 Å². The molecule has 0 saturated carbocycles. The van der Waals surface area contributed by atoms with Gasteiger partial charge in [-0.25, -0.2) is 4.79 Å². The second-order valence-corrected chi connectivity index (χ2v) is 4.53. The number of rotatable bonds is 5. The van der Waals surface area contributed by atoms with Gasteiger partial charge >= 0.3 is 18.1 Å². The number of esters is 2. The zero-order valence-electron chi connectivity index (χ0n) is 12.3. The second kappa shape index (κ2) is 7.28. The third kappa shape index (κ3) is 3.89. The van der Waals surface area contributed by atoms with E-state index in [4.69, 9.17) is 0 Å². The molecule has 8 heteroatoms. The SMILES string of the molecule is COC(=O)[C@@H](/C=C/c1ccccc1)[C@](O)(C(=O)OC)C(F)(F)F. The zero-order valence-corrected chi connectivity index (χ0v) is 12.3. The molecule has 0 aliphatic rings. The molecular formula is C15H15F3O5. The highest BCUT2D eigenvalue weighted by Crippen LogP contribution is 2.39. The van der Waals surface area contributed by atoms with Crippen LogP contribution in [0, 0.1) is 5.92 Å². The summed E-state index contributed by atoms with van der Waals surface area (Å²) in [5.74, 6) is -5.75. The van der Waals surface area contributed by atoms with Gasteiger partial charge in [-0.15, -0.1) is 0 Å². The first-order valence-electron chi connectivity index (χ1n) is 6.37. The second-order valence-electron chi connectivity index (χ2n) is 4.53. The third-order valence-corrected chi connectivity index (χ3v) is 3.11. The molecule has 0 spiro atoms. The number of methoxy groups -OCH3 is 2. The summed E-state index contributed by atoms with van der Waals surface area (Å²) in [5, 5.41) is 9.90. The van der Waals surface area contributed by atoms with Crippen molar-refractivity contribution in [2.75, 3.05) is 14.2 Å². The average Bonchev–Trinajstić information content (AvgIpc) is 2.53. The number of hydrogen-bond donors (Lipinski definition) is 1. The Morgan fingerprint density at radius 2 is 1.70 bits per heavy atom. The van der Waals surface area contributed by atoms with Gasteiger partial charge in [-0.3, -0.25) is 4.79 Å². The minimum Gasteiger partial charge on any atom is -0.468 e. The van der Waals surface area contributed by atoms with Gasteiger partial charge in [0.2, 0.25) is 0 Å². The van der Waals surface area contributed by atoms with Crippen LogP contribution in [0.3, 0.4) is 0 Å². The van der Waals surface area contributed by atoms with Crippen molar-refractivity contribution < 1.29 is 37.3 Å². The molecule has 23 heavy (non-hydrogen) atoms. The van der Waals surface area contributed by atoms with Crippen molar-refractivity contribution in [1.82, 2.24) is 0 Å². The molecule has 1 rings (SSSR count). The molecule has 0 saturated heterocycles. The van der Waals surface area contributed by atoms with E-state index in [1.807, 2.05) is 0 Å². The summed E-state index contributed by atoms with van der Waals surface area (Å²) in [5.41, 5.74) is -3.59. The van der Waals surface area contributed by atoms with Crippen molar-refractivity contribution in [2.24, 2.45) is 5.92 Å². The fourth-order valence-corrected chi connectivity index (χ4v) is 1.86. The molecule has 1 aromatic carbocycles. The first kappa shape index (κ1) is 18.7. The standard InChI is InChI=1S/C15H15F3O5/c1-22-12(19)11(9-8-10-6-4-3-5-7-10)14(21,13(20)23-2)15(16,17)18/h3-9,11,21H,1-2H3/b9-8+/t11-,14+/m1/s1. The van der Waals surface area contributed by atoms with Crippen molar-refractivity contribution in [3.8, 4) is 0 Å². The molecule has 0 aliphatic carbocycles. The van der Waals surface area contributed by atoms with E-state index in [0.717, 1.165) is 13.2 Å². The smallest absolute Gasteiger partial charge is 0.429 e. The van der Waals surface area contributed by atoms with Crippen LogP contribution < -0.4 is 0 Å². The van der Waals surface area contributed by atoms with E-state index in [1.165, 1.54) is 6.08 Å². The Morgan fingerprint density at radius 3 is 2.13 bits per heavy atom. The number of aliphatic hydroxyl groups is 1. The zero-order chi connectivity index (χ0) is 17.7. The number of benzene rings is 1. The van der Waals surface area contributed by atoms with E-state index in [2.05, 4.69) is 9.47 Å². The van der Waals surface area contributed by atoms with Crippen molar-refractivity contribution in [2.45, 2.75) is 11.8 Å². The van der Waals surface area contributed by atoms with E-state index in [1.54, 1.807) is 30.3 Å². The van der Waals surface area contributed by atoms with Crippen LogP contribution in [-0.4, -0.2) is 43.0 Å². The molecular weight excluding hydrogens is 317 g/mol. The van der Waals surface area contributed by atoms with E-state index in [-0.39, 0.29) is 0 Å². The number of carbonyl (C=O) groups is 2. The molecule has 2 atom stereocenters. The first-order valence-corrected chi connectivity index (χ1v) is 6.37. The van der Waals surface area contributed by atoms with Gasteiger partial charge < -0.3 is 14.6 Å². The molecule has 0 aromatic heterocycles. The largest absolute Gasteiger partial charge is 0.468 e. The Bertz CT molecular complexity index is 583. The lowest BCUT2D eigenvalue weighted by atomic mass is 9.85. The van der Waals surface area contributed by atoms with E-state index in [9.17, 15) is 27.9 Å². The van der Waals surface area contributed by atoms with Crippen LogP contribution >= 0.6 is 0 Å². The predicted molar refractivity (Wildman–Crippen MR) is 74.0 cm³/mol. The minimum absolute atomic E-state index is 0.468. The Hall–Kier alpha value is -2.35. The molecule has 5 nitrogen and oxygen atoms in total. The van der Waals surface area contributed by atoms with Gasteiger partial charge in [0, 0.05) is 0 Å². The van der Waals surface area contributed by atoms with Crippen molar-refractivity contribution in [3.05, 3.63) is 42.0 Å². The maximum Gasteiger partial charge on any atom is 0.429 e. The third-order valence-electron chi connectivity index (χ3n) is 3.11. The lowest BCUT2D eigenvalue weighted by Gasteiger charge is -2.31. The van der Waals surface area contributed by atoms with Crippen LogP contribution in [-0.2, 0) is 19.1 Å². The van der Waals surface area contributed by atoms with E-state index >= 15 is 0 Å². The van der Waals surface area contributed by atoms with Gasteiger partial charge in [0.15, 0.2) is 0 Å². The number of hydrogen-bond acceptors (Lipinski definition) is 5. The molecule has 0 bridgehead atoms. The van der Waals surface area contributed by atoms with Gasteiger partial charge in [-0.1, -0.05) is 42.5 Å². The Morgan fingerprint density at radius 1 is 1.13 bits per heavy atom. The van der Waals surface area contributed by atoms with Crippen molar-refractivity contribution in [1.29, 1.82) is 0 Å². The highest BCUT2D eigenvalue weighted by Gasteiger charge is 2.67. The van der Waals surface area contributed by atoms with Crippen LogP contribution in [0.5, 0.6) is 0 Å². The first-order chi connectivity index (χ1) is 10.7. The van der Waals surface area contributed by atoms with Crippen molar-refractivity contribution in [3.63, 3.8) is 0 Å². The molecule has 0 aliphatic heterocycles. The topological polar surface area (TPSA) is 72.8 Å². The summed E-state index contributed by atoms with van der Waals surface area (Å²) in [7, 11) is 1.52. The average molecular weight is 332 g/mol. The lowest BCUT2D eigenvalue weighted by Crippen LogP contribution is -2.59. The van der Waals surface area contributed by atoms with Gasteiger partial charge in [0.1, 0.15) is 5.92 Å². The summed E-state index contributed by atoms with van der Waals surface area (Å²) in [6.07, 6.45) is -3.52. The molecule has 0 fully saturated rings. The monoisotopic (exact) mass is 332 g/mol. The minimum atomic E-state index is -5.44. The molecule has 0 amide bonds. The van der Waals surface area contributed by atoms with Crippen LogP contribution in [0.1, 0.15) is 5.56 Å². The molecule has 0 unspecified atom stereocenters. The Kier molecular flexibility index (Phi) is 5.91. The maximum atomic E-state index is 13.2. The molecule has 0 radical (unpaired) electrons. The Labute approximate surface area is 130 Å². The molecule has 1 N–H and O–H groups in total. The summed E-state index contributed by atoms with van der Waals surface area (Å²) in [4.78, 5) is 23.2. The van der Waals surface area contributed by atoms with Crippen molar-refractivity contribution >= 4 is 18.0 Å². The van der Waals surface area contributed by atoms with Gasteiger partial charge in [-0.2, -0.15) is 13.2 Å². The maximum absolute atomic E-state index is 13.2. The normalized spacial score (nSPS) is 15.7. The van der Waals surface area contributed by atoms with Gasteiger partial charge in [-0.05, 0) is 5.56 Å². The predicted octanol–water partition coefficient (Wildman–Crippen LogP) is 1.96. The Balaban J connectivity index is 3.35. The molecule has 126 valence electrons. The van der Waals surface area contributed by atoms with Crippen LogP contribution in [0.25, 0.3) is 6.08 Å². The summed E-state index contributed by atoms with van der Waals surface area (Å²) in [6, 6.07) is 8.08. The van der Waals surface area contributed by atoms with E-state index < -0.39 is 29.6 Å². The van der Waals surface area contributed by atoms with Crippen LogP contribution in [0.15, 0.2) is 36.4 Å². The fraction of sp³-hybridized carbons (Fsp3) is 0.333. The summed E-state index contributed by atoms with van der Waals surface area (Å²) < 4.78 is 48.0. The highest BCUT2D eigenvalue weighted by atomic mass is 19.4. The fourth-order valence-electron chi connectivity index (χ4n) is 1.86. The van der Waals surface area contributed by atoms with Crippen LogP contribution in [0.2, 0.25) is 0 Å². The molecule has 1 aromatic rings. The number of carbonyl (C=O) groups excluding carboxylic acids is 2. The van der Waals surface area contributed by atoms with Crippen LogP contribution in [0.4, 0.5) is 13.2 Å². The molecule has 0 heterocycles.